The van der Waals surface area contributed by atoms with Gasteiger partial charge in [0.25, 0.3) is 0 Å². The lowest BCUT2D eigenvalue weighted by molar-refractivity contribution is 0.0729. The fourth-order valence-corrected chi connectivity index (χ4v) is 3.49. The third kappa shape index (κ3) is 3.29. The molecule has 0 atom stereocenters. The van der Waals surface area contributed by atoms with Crippen molar-refractivity contribution in [3.05, 3.63) is 57.7 Å². The van der Waals surface area contributed by atoms with E-state index in [2.05, 4.69) is 22.6 Å². The third-order valence-corrected chi connectivity index (χ3v) is 5.07. The first-order valence-corrected chi connectivity index (χ1v) is 8.87. The minimum Gasteiger partial charge on any atom is -0.493 e. The lowest BCUT2D eigenvalue weighted by Crippen LogP contribution is -2.12. The first kappa shape index (κ1) is 18.3. The Hall–Kier alpha value is -2.48. The molecular weight excluding hydrogens is 447 g/mol. The van der Waals surface area contributed by atoms with E-state index in [1.807, 2.05) is 30.3 Å². The Balaban J connectivity index is 2.00. The number of halogens is 1. The van der Waals surface area contributed by atoms with Gasteiger partial charge in [-0.05, 0) is 51.6 Å². The summed E-state index contributed by atoms with van der Waals surface area (Å²) in [4.78, 5) is 12.7. The molecule has 0 aliphatic rings. The Kier molecular flexibility index (Phi) is 5.51. The summed E-state index contributed by atoms with van der Waals surface area (Å²) in [5, 5.41) is 2.11. The van der Waals surface area contributed by atoms with E-state index in [0.29, 0.717) is 17.2 Å². The second kappa shape index (κ2) is 7.82. The summed E-state index contributed by atoms with van der Waals surface area (Å²) in [6, 6.07) is 14.9. The molecule has 0 spiro atoms. The van der Waals surface area contributed by atoms with E-state index < -0.39 is 5.97 Å². The van der Waals surface area contributed by atoms with Crippen LogP contribution in [0.5, 0.6) is 23.0 Å². The average molecular weight is 464 g/mol. The van der Waals surface area contributed by atoms with Crippen LogP contribution < -0.4 is 18.9 Å². The van der Waals surface area contributed by atoms with Gasteiger partial charge in [0.05, 0.1) is 24.9 Å². The van der Waals surface area contributed by atoms with Gasteiger partial charge in [0, 0.05) is 0 Å². The maximum absolute atomic E-state index is 12.7. The Bertz CT molecular complexity index is 968. The minimum atomic E-state index is -0.531. The van der Waals surface area contributed by atoms with Crippen molar-refractivity contribution < 1.29 is 23.7 Å². The van der Waals surface area contributed by atoms with E-state index in [0.717, 1.165) is 14.3 Å². The molecule has 0 unspecified atom stereocenters. The molecule has 0 heterocycles. The summed E-state index contributed by atoms with van der Waals surface area (Å²) in [7, 11) is 4.47. The number of fused-ring (bicyclic) bond motifs is 1. The van der Waals surface area contributed by atoms with Gasteiger partial charge in [-0.3, -0.25) is 0 Å². The largest absolute Gasteiger partial charge is 0.493 e. The maximum atomic E-state index is 12.7. The Morgan fingerprint density at radius 2 is 1.50 bits per heavy atom. The number of carbonyl (C=O) groups is 1. The second-order valence-corrected chi connectivity index (χ2v) is 6.45. The summed E-state index contributed by atoms with van der Waals surface area (Å²) in [5.41, 5.74) is 0.258. The van der Waals surface area contributed by atoms with Crippen LogP contribution in [0.15, 0.2) is 48.5 Å². The number of benzene rings is 3. The van der Waals surface area contributed by atoms with Gasteiger partial charge >= 0.3 is 5.97 Å². The summed E-state index contributed by atoms with van der Waals surface area (Å²) in [5.74, 6) is 1.05. The van der Waals surface area contributed by atoms with Crippen molar-refractivity contribution in [3.8, 4) is 23.0 Å². The zero-order chi connectivity index (χ0) is 18.7. The molecule has 6 heteroatoms. The molecule has 0 N–H and O–H groups in total. The number of rotatable bonds is 5. The predicted octanol–water partition coefficient (Wildman–Crippen LogP) is 4.69. The van der Waals surface area contributed by atoms with Gasteiger partial charge in [-0.15, -0.1) is 0 Å². The van der Waals surface area contributed by atoms with Crippen LogP contribution in [0.3, 0.4) is 0 Å². The number of ether oxygens (including phenoxy) is 4. The molecule has 3 aromatic carbocycles. The highest BCUT2D eigenvalue weighted by Gasteiger charge is 2.23. The van der Waals surface area contributed by atoms with E-state index in [9.17, 15) is 4.79 Å². The van der Waals surface area contributed by atoms with Gasteiger partial charge < -0.3 is 18.9 Å². The van der Waals surface area contributed by atoms with Gasteiger partial charge in [-0.25, -0.2) is 4.79 Å². The summed E-state index contributed by atoms with van der Waals surface area (Å²) < 4.78 is 22.4. The van der Waals surface area contributed by atoms with Crippen molar-refractivity contribution in [1.29, 1.82) is 0 Å². The standard InChI is InChI=1S/C20H17IO5/c1-23-16-11-9-14(18(24-2)19(16)25-3)20(22)26-15-10-8-12-6-4-5-7-13(12)17(15)21/h4-11H,1-3H3. The molecule has 3 rings (SSSR count). The number of hydrogen-bond acceptors (Lipinski definition) is 5. The highest BCUT2D eigenvalue weighted by Crippen LogP contribution is 2.40. The Morgan fingerprint density at radius 1 is 0.808 bits per heavy atom. The summed E-state index contributed by atoms with van der Waals surface area (Å²) in [6.07, 6.45) is 0. The first-order chi connectivity index (χ1) is 12.6. The lowest BCUT2D eigenvalue weighted by atomic mass is 10.1. The summed E-state index contributed by atoms with van der Waals surface area (Å²) >= 11 is 2.18. The lowest BCUT2D eigenvalue weighted by Gasteiger charge is -2.15. The molecule has 0 bridgehead atoms. The zero-order valence-electron chi connectivity index (χ0n) is 14.5. The topological polar surface area (TPSA) is 54.0 Å². The van der Waals surface area contributed by atoms with Gasteiger partial charge in [-0.2, -0.15) is 0 Å². The van der Waals surface area contributed by atoms with Crippen molar-refractivity contribution in [1.82, 2.24) is 0 Å². The Labute approximate surface area is 165 Å². The molecule has 0 saturated carbocycles. The third-order valence-electron chi connectivity index (χ3n) is 3.95. The molecule has 0 aliphatic carbocycles. The Morgan fingerprint density at radius 3 is 2.19 bits per heavy atom. The molecule has 134 valence electrons. The van der Waals surface area contributed by atoms with Gasteiger partial charge in [0.1, 0.15) is 11.3 Å². The molecule has 3 aromatic rings. The normalized spacial score (nSPS) is 10.5. The van der Waals surface area contributed by atoms with E-state index in [-0.39, 0.29) is 11.3 Å². The SMILES string of the molecule is COc1ccc(C(=O)Oc2ccc3ccccc3c2I)c(OC)c1OC. The van der Waals surface area contributed by atoms with Crippen molar-refractivity contribution in [2.75, 3.05) is 21.3 Å². The summed E-state index contributed by atoms with van der Waals surface area (Å²) in [6.45, 7) is 0. The predicted molar refractivity (Wildman–Crippen MR) is 108 cm³/mol. The van der Waals surface area contributed by atoms with Crippen LogP contribution in [0, 0.1) is 3.57 Å². The monoisotopic (exact) mass is 464 g/mol. The molecule has 0 aromatic heterocycles. The van der Waals surface area contributed by atoms with Crippen molar-refractivity contribution in [3.63, 3.8) is 0 Å². The first-order valence-electron chi connectivity index (χ1n) is 7.79. The van der Waals surface area contributed by atoms with E-state index in [4.69, 9.17) is 18.9 Å². The van der Waals surface area contributed by atoms with Crippen LogP contribution in [-0.4, -0.2) is 27.3 Å². The van der Waals surface area contributed by atoms with Crippen molar-refractivity contribution >= 4 is 39.3 Å². The highest BCUT2D eigenvalue weighted by atomic mass is 127. The van der Waals surface area contributed by atoms with E-state index in [1.54, 1.807) is 18.2 Å². The van der Waals surface area contributed by atoms with E-state index in [1.165, 1.54) is 21.3 Å². The smallest absolute Gasteiger partial charge is 0.347 e. The van der Waals surface area contributed by atoms with Gasteiger partial charge in [-0.1, -0.05) is 30.3 Å². The van der Waals surface area contributed by atoms with Gasteiger partial charge in [0.15, 0.2) is 11.5 Å². The number of hydrogen-bond donors (Lipinski definition) is 0. The molecule has 0 aliphatic heterocycles. The van der Waals surface area contributed by atoms with Crippen molar-refractivity contribution in [2.24, 2.45) is 0 Å². The molecule has 0 fully saturated rings. The number of carbonyl (C=O) groups excluding carboxylic acids is 1. The fourth-order valence-electron chi connectivity index (χ4n) is 2.71. The molecule has 5 nitrogen and oxygen atoms in total. The minimum absolute atomic E-state index is 0.258. The van der Waals surface area contributed by atoms with Crippen LogP contribution >= 0.6 is 22.6 Å². The quantitative estimate of drug-likeness (QED) is 0.312. The maximum Gasteiger partial charge on any atom is 0.347 e. The molecular formula is C20H17IO5. The molecule has 0 saturated heterocycles. The second-order valence-electron chi connectivity index (χ2n) is 5.37. The molecule has 0 amide bonds. The number of esters is 1. The van der Waals surface area contributed by atoms with Crippen LogP contribution in [0.1, 0.15) is 10.4 Å². The van der Waals surface area contributed by atoms with E-state index >= 15 is 0 Å². The molecule has 26 heavy (non-hydrogen) atoms. The number of methoxy groups -OCH3 is 3. The van der Waals surface area contributed by atoms with Gasteiger partial charge in [0.2, 0.25) is 5.75 Å². The molecule has 0 radical (unpaired) electrons. The van der Waals surface area contributed by atoms with Crippen molar-refractivity contribution in [2.45, 2.75) is 0 Å². The van der Waals surface area contributed by atoms with Crippen LogP contribution in [0.2, 0.25) is 0 Å². The van der Waals surface area contributed by atoms with Crippen LogP contribution in [0.4, 0.5) is 0 Å². The van der Waals surface area contributed by atoms with Crippen LogP contribution in [0.25, 0.3) is 10.8 Å². The van der Waals surface area contributed by atoms with Crippen LogP contribution in [-0.2, 0) is 0 Å². The fraction of sp³-hybridized carbons (Fsp3) is 0.150. The highest BCUT2D eigenvalue weighted by molar-refractivity contribution is 14.1. The average Bonchev–Trinajstić information content (AvgIpc) is 2.68. The zero-order valence-corrected chi connectivity index (χ0v) is 16.7.